The van der Waals surface area contributed by atoms with Crippen molar-refractivity contribution in [2.24, 2.45) is 0 Å². The molecule has 0 aromatic carbocycles. The van der Waals surface area contributed by atoms with Crippen LogP contribution in [0.25, 0.3) is 11.3 Å². The van der Waals surface area contributed by atoms with Crippen LogP contribution in [-0.2, 0) is 4.74 Å². The van der Waals surface area contributed by atoms with Crippen molar-refractivity contribution in [1.29, 1.82) is 0 Å². The summed E-state index contributed by atoms with van der Waals surface area (Å²) in [5.74, 6) is 0.718. The van der Waals surface area contributed by atoms with Gasteiger partial charge in [-0.3, -0.25) is 9.78 Å². The molecule has 1 atom stereocenters. The molecule has 2 aromatic rings. The van der Waals surface area contributed by atoms with Crippen LogP contribution in [0.4, 0.5) is 11.9 Å². The number of H-pyrrole nitrogens is 1. The summed E-state index contributed by atoms with van der Waals surface area (Å²) < 4.78 is 5.40. The second kappa shape index (κ2) is 5.49. The molecular weight excluding hydrogens is 272 g/mol. The number of aromatic amines is 1. The lowest BCUT2D eigenvalue weighted by Gasteiger charge is -2.33. The number of anilines is 2. The lowest BCUT2D eigenvalue weighted by Crippen LogP contribution is -2.45. The van der Waals surface area contributed by atoms with Crippen LogP contribution >= 0.6 is 0 Å². The Labute approximate surface area is 121 Å². The average molecular weight is 288 g/mol. The topological polar surface area (TPSA) is 110 Å². The highest BCUT2D eigenvalue weighted by molar-refractivity contribution is 5.58. The molecule has 2 aromatic heterocycles. The Hall–Kier alpha value is -2.48. The van der Waals surface area contributed by atoms with Crippen LogP contribution in [0.2, 0.25) is 0 Å². The number of hydrogen-bond acceptors (Lipinski definition) is 7. The number of rotatable bonds is 2. The molecule has 0 bridgehead atoms. The normalized spacial score (nSPS) is 18.7. The Balaban J connectivity index is 1.99. The van der Waals surface area contributed by atoms with Crippen molar-refractivity contribution < 1.29 is 4.74 Å². The van der Waals surface area contributed by atoms with E-state index in [1.165, 1.54) is 6.07 Å². The molecule has 0 radical (unpaired) electrons. The third-order valence-corrected chi connectivity index (χ3v) is 3.34. The molecule has 1 aliphatic rings. The first kappa shape index (κ1) is 13.5. The first-order valence-electron chi connectivity index (χ1n) is 6.67. The van der Waals surface area contributed by atoms with E-state index in [-0.39, 0.29) is 17.5 Å². The van der Waals surface area contributed by atoms with Gasteiger partial charge in [-0.25, -0.2) is 15.0 Å². The number of morpholine rings is 1. The summed E-state index contributed by atoms with van der Waals surface area (Å²) in [6.45, 7) is 3.94. The fraction of sp³-hybridized carbons (Fsp3) is 0.385. The first-order chi connectivity index (χ1) is 10.1. The molecule has 110 valence electrons. The molecule has 0 amide bonds. The van der Waals surface area contributed by atoms with Gasteiger partial charge in [0, 0.05) is 30.6 Å². The van der Waals surface area contributed by atoms with Gasteiger partial charge in [0.15, 0.2) is 0 Å². The summed E-state index contributed by atoms with van der Waals surface area (Å²) >= 11 is 0. The smallest absolute Gasteiger partial charge is 0.252 e. The minimum atomic E-state index is -0.217. The predicted octanol–water partition coefficient (Wildman–Crippen LogP) is 0.0342. The van der Waals surface area contributed by atoms with Gasteiger partial charge in [0.1, 0.15) is 0 Å². The van der Waals surface area contributed by atoms with Gasteiger partial charge in [0.2, 0.25) is 11.9 Å². The third-order valence-electron chi connectivity index (χ3n) is 3.34. The molecule has 3 N–H and O–H groups in total. The Morgan fingerprint density at radius 1 is 1.43 bits per heavy atom. The third kappa shape index (κ3) is 2.84. The fourth-order valence-corrected chi connectivity index (χ4v) is 2.24. The van der Waals surface area contributed by atoms with Gasteiger partial charge in [-0.15, -0.1) is 0 Å². The van der Waals surface area contributed by atoms with Gasteiger partial charge in [0.05, 0.1) is 24.9 Å². The van der Waals surface area contributed by atoms with Gasteiger partial charge in [0.25, 0.3) is 5.56 Å². The van der Waals surface area contributed by atoms with Gasteiger partial charge >= 0.3 is 0 Å². The highest BCUT2D eigenvalue weighted by Crippen LogP contribution is 2.18. The van der Waals surface area contributed by atoms with Gasteiger partial charge in [-0.2, -0.15) is 0 Å². The molecule has 8 nitrogen and oxygen atoms in total. The van der Waals surface area contributed by atoms with Crippen molar-refractivity contribution >= 4 is 11.9 Å². The van der Waals surface area contributed by atoms with Gasteiger partial charge < -0.3 is 15.4 Å². The van der Waals surface area contributed by atoms with Gasteiger partial charge in [-0.1, -0.05) is 0 Å². The Bertz CT molecular complexity index is 684. The molecule has 3 rings (SSSR count). The minimum Gasteiger partial charge on any atom is -0.377 e. The van der Waals surface area contributed by atoms with Crippen LogP contribution in [0.5, 0.6) is 0 Å². The first-order valence-corrected chi connectivity index (χ1v) is 6.67. The maximum absolute atomic E-state index is 11.9. The quantitative estimate of drug-likeness (QED) is 0.802. The molecule has 0 unspecified atom stereocenters. The van der Waals surface area contributed by atoms with E-state index in [1.807, 2.05) is 11.8 Å². The van der Waals surface area contributed by atoms with Crippen molar-refractivity contribution in [3.8, 4) is 11.3 Å². The van der Waals surface area contributed by atoms with E-state index in [4.69, 9.17) is 10.5 Å². The number of ether oxygens (including phenoxy) is 1. The number of aromatic nitrogens is 4. The van der Waals surface area contributed by atoms with Crippen molar-refractivity contribution in [1.82, 2.24) is 19.9 Å². The zero-order chi connectivity index (χ0) is 14.8. The monoisotopic (exact) mass is 288 g/mol. The van der Waals surface area contributed by atoms with Gasteiger partial charge in [-0.05, 0) is 6.92 Å². The molecule has 21 heavy (non-hydrogen) atoms. The summed E-state index contributed by atoms with van der Waals surface area (Å²) in [5.41, 5.74) is 6.42. The molecule has 8 heteroatoms. The SMILES string of the molecule is C[C@H]1COCCN1c1nc(-c2cnc(N)nc2)cc(=O)[nH]1. The van der Waals surface area contributed by atoms with Crippen molar-refractivity contribution in [3.05, 3.63) is 28.8 Å². The largest absolute Gasteiger partial charge is 0.377 e. The predicted molar refractivity (Wildman–Crippen MR) is 77.9 cm³/mol. The van der Waals surface area contributed by atoms with Crippen molar-refractivity contribution in [3.63, 3.8) is 0 Å². The molecule has 1 aliphatic heterocycles. The van der Waals surface area contributed by atoms with Crippen LogP contribution in [0, 0.1) is 0 Å². The minimum absolute atomic E-state index is 0.153. The van der Waals surface area contributed by atoms with E-state index < -0.39 is 0 Å². The highest BCUT2D eigenvalue weighted by Gasteiger charge is 2.21. The summed E-state index contributed by atoms with van der Waals surface area (Å²) in [4.78, 5) is 29.0. The highest BCUT2D eigenvalue weighted by atomic mass is 16.5. The Kier molecular flexibility index (Phi) is 3.53. The van der Waals surface area contributed by atoms with E-state index in [2.05, 4.69) is 19.9 Å². The summed E-state index contributed by atoms with van der Waals surface area (Å²) in [7, 11) is 0. The zero-order valence-electron chi connectivity index (χ0n) is 11.6. The Morgan fingerprint density at radius 2 is 2.19 bits per heavy atom. The number of nitrogens with two attached hydrogens (primary N) is 1. The summed E-state index contributed by atoms with van der Waals surface area (Å²) in [6.07, 6.45) is 3.10. The molecule has 1 fully saturated rings. The number of nitrogen functional groups attached to an aromatic ring is 1. The lowest BCUT2D eigenvalue weighted by atomic mass is 10.2. The van der Waals surface area contributed by atoms with Crippen LogP contribution in [0.3, 0.4) is 0 Å². The van der Waals surface area contributed by atoms with E-state index in [1.54, 1.807) is 12.4 Å². The zero-order valence-corrected chi connectivity index (χ0v) is 11.6. The second-order valence-electron chi connectivity index (χ2n) is 4.90. The summed E-state index contributed by atoms with van der Waals surface area (Å²) in [6, 6.07) is 1.57. The van der Waals surface area contributed by atoms with E-state index >= 15 is 0 Å². The Morgan fingerprint density at radius 3 is 2.90 bits per heavy atom. The van der Waals surface area contributed by atoms with E-state index in [0.29, 0.717) is 37.0 Å². The van der Waals surface area contributed by atoms with E-state index in [0.717, 1.165) is 0 Å². The standard InChI is InChI=1S/C13H16N6O2/c1-8-7-21-3-2-19(8)13-17-10(4-11(20)18-13)9-5-15-12(14)16-6-9/h4-6,8H,2-3,7H2,1H3,(H2,14,15,16)(H,17,18,20)/t8-/m0/s1. The van der Waals surface area contributed by atoms with Crippen molar-refractivity contribution in [2.45, 2.75) is 13.0 Å². The van der Waals surface area contributed by atoms with Crippen LogP contribution in [0.15, 0.2) is 23.3 Å². The maximum atomic E-state index is 11.9. The number of hydrogen-bond donors (Lipinski definition) is 2. The molecular formula is C13H16N6O2. The van der Waals surface area contributed by atoms with Crippen LogP contribution in [0.1, 0.15) is 6.92 Å². The second-order valence-corrected chi connectivity index (χ2v) is 4.90. The molecule has 1 saturated heterocycles. The molecule has 3 heterocycles. The fourth-order valence-electron chi connectivity index (χ4n) is 2.24. The molecule has 0 spiro atoms. The average Bonchev–Trinajstić information content (AvgIpc) is 2.48. The number of nitrogens with zero attached hydrogens (tertiary/aromatic N) is 4. The molecule has 0 saturated carbocycles. The van der Waals surface area contributed by atoms with E-state index in [9.17, 15) is 4.79 Å². The van der Waals surface area contributed by atoms with Crippen LogP contribution in [-0.4, -0.2) is 45.7 Å². The number of nitrogens with one attached hydrogen (secondary N) is 1. The van der Waals surface area contributed by atoms with Crippen LogP contribution < -0.4 is 16.2 Å². The summed E-state index contributed by atoms with van der Waals surface area (Å²) in [5, 5.41) is 0. The maximum Gasteiger partial charge on any atom is 0.252 e. The van der Waals surface area contributed by atoms with Crippen molar-refractivity contribution in [2.75, 3.05) is 30.4 Å². The molecule has 0 aliphatic carbocycles. The lowest BCUT2D eigenvalue weighted by molar-refractivity contribution is 0.0981.